The first-order valence-electron chi connectivity index (χ1n) is 2.50. The second-order valence-electron chi connectivity index (χ2n) is 1.59. The monoisotopic (exact) mass is 212 g/mol. The van der Waals surface area contributed by atoms with Crippen LogP contribution in [0.5, 0.6) is 0 Å². The highest BCUT2D eigenvalue weighted by atomic mass is 35.5. The van der Waals surface area contributed by atoms with Gasteiger partial charge in [-0.05, 0) is 11.6 Å². The zero-order chi connectivity index (χ0) is 8.43. The Bertz CT molecular complexity index is 276. The van der Waals surface area contributed by atoms with Gasteiger partial charge < -0.3 is 5.43 Å². The van der Waals surface area contributed by atoms with E-state index in [0.29, 0.717) is 0 Å². The molecule has 0 amide bonds. The Labute approximate surface area is 77.6 Å². The van der Waals surface area contributed by atoms with Gasteiger partial charge in [-0.15, -0.1) is 0 Å². The minimum atomic E-state index is -0.00708. The first-order valence-corrected chi connectivity index (χ1v) is 3.63. The molecule has 0 bridgehead atoms. The lowest BCUT2D eigenvalue weighted by molar-refractivity contribution is 1.14. The topological polar surface area (TPSA) is 63.8 Å². The molecular weight excluding hydrogens is 210 g/mol. The van der Waals surface area contributed by atoms with E-state index in [2.05, 4.69) is 15.4 Å². The molecule has 0 aliphatic rings. The normalized spacial score (nSPS) is 9.82. The Morgan fingerprint density at radius 1 is 1.18 bits per heavy atom. The molecule has 0 atom stereocenters. The molecule has 0 fully saturated rings. The average molecular weight is 213 g/mol. The number of halogens is 3. The molecule has 1 rings (SSSR count). The van der Waals surface area contributed by atoms with E-state index in [9.17, 15) is 0 Å². The molecule has 0 unspecified atom stereocenters. The maximum absolute atomic E-state index is 5.61. The van der Waals surface area contributed by atoms with Crippen LogP contribution in [-0.4, -0.2) is 9.97 Å². The predicted octanol–water partition coefficient (Wildman–Crippen LogP) is 1.72. The van der Waals surface area contributed by atoms with Gasteiger partial charge in [-0.2, -0.15) is 4.98 Å². The van der Waals surface area contributed by atoms with Crippen molar-refractivity contribution in [3.8, 4) is 0 Å². The summed E-state index contributed by atoms with van der Waals surface area (Å²) in [5.74, 6) is 5.25. The molecule has 60 valence electrons. The van der Waals surface area contributed by atoms with Crippen LogP contribution in [0.3, 0.4) is 0 Å². The molecule has 0 aliphatic heterocycles. The molecule has 0 saturated heterocycles. The fourth-order valence-corrected chi connectivity index (χ4v) is 1.01. The Morgan fingerprint density at radius 3 is 2.36 bits per heavy atom. The zero-order valence-corrected chi connectivity index (χ0v) is 7.37. The van der Waals surface area contributed by atoms with E-state index < -0.39 is 0 Å². The van der Waals surface area contributed by atoms with Crippen LogP contribution in [0.25, 0.3) is 0 Å². The van der Waals surface area contributed by atoms with Gasteiger partial charge in [0.25, 0.3) is 0 Å². The summed E-state index contributed by atoms with van der Waals surface area (Å²) >= 11 is 16.6. The van der Waals surface area contributed by atoms with Gasteiger partial charge in [0.15, 0.2) is 11.0 Å². The number of anilines is 1. The van der Waals surface area contributed by atoms with Crippen LogP contribution in [0.2, 0.25) is 15.5 Å². The lowest BCUT2D eigenvalue weighted by Crippen LogP contribution is -2.09. The molecule has 1 aromatic heterocycles. The van der Waals surface area contributed by atoms with Crippen LogP contribution in [0.15, 0.2) is 0 Å². The van der Waals surface area contributed by atoms with Crippen molar-refractivity contribution in [1.29, 1.82) is 0 Å². The van der Waals surface area contributed by atoms with Gasteiger partial charge >= 0.3 is 0 Å². The molecule has 0 aliphatic carbocycles. The standard InChI is InChI=1S/C4H3Cl3N4/c5-1-2(6)9-4(7)10-3(1)11-8/h8H2,(H,9,10,11). The number of rotatable bonds is 1. The third kappa shape index (κ3) is 1.84. The Hall–Kier alpha value is -0.290. The predicted molar refractivity (Wildman–Crippen MR) is 44.9 cm³/mol. The fraction of sp³-hybridized carbons (Fsp3) is 0. The largest absolute Gasteiger partial charge is 0.307 e. The Morgan fingerprint density at radius 2 is 1.82 bits per heavy atom. The number of nitrogens with zero attached hydrogens (tertiary/aromatic N) is 2. The Balaban J connectivity index is 3.24. The van der Waals surface area contributed by atoms with Crippen molar-refractivity contribution in [3.63, 3.8) is 0 Å². The third-order valence-electron chi connectivity index (χ3n) is 0.920. The summed E-state index contributed by atoms with van der Waals surface area (Å²) in [7, 11) is 0. The third-order valence-corrected chi connectivity index (χ3v) is 1.82. The summed E-state index contributed by atoms with van der Waals surface area (Å²) in [4.78, 5) is 7.23. The number of hydrazine groups is 1. The van der Waals surface area contributed by atoms with Gasteiger partial charge in [-0.3, -0.25) is 0 Å². The van der Waals surface area contributed by atoms with Crippen LogP contribution < -0.4 is 11.3 Å². The van der Waals surface area contributed by atoms with E-state index in [1.165, 1.54) is 0 Å². The van der Waals surface area contributed by atoms with Gasteiger partial charge in [-0.25, -0.2) is 10.8 Å². The van der Waals surface area contributed by atoms with Gasteiger partial charge in [0, 0.05) is 0 Å². The lowest BCUT2D eigenvalue weighted by atomic mass is 10.6. The highest BCUT2D eigenvalue weighted by molar-refractivity contribution is 6.43. The molecule has 3 N–H and O–H groups in total. The summed E-state index contributed by atoms with van der Waals surface area (Å²) in [6.07, 6.45) is 0. The van der Waals surface area contributed by atoms with Crippen LogP contribution in [0.4, 0.5) is 5.82 Å². The molecular formula is C4H3Cl3N4. The first-order chi connectivity index (χ1) is 5.15. The maximum Gasteiger partial charge on any atom is 0.225 e. The van der Waals surface area contributed by atoms with Crippen LogP contribution in [0, 0.1) is 0 Å². The van der Waals surface area contributed by atoms with Crippen molar-refractivity contribution in [1.82, 2.24) is 9.97 Å². The summed E-state index contributed by atoms with van der Waals surface area (Å²) in [6.45, 7) is 0. The summed E-state index contributed by atoms with van der Waals surface area (Å²) in [5, 5.41) is 0.213. The van der Waals surface area contributed by atoms with E-state index in [1.54, 1.807) is 0 Å². The molecule has 4 nitrogen and oxygen atoms in total. The van der Waals surface area contributed by atoms with Crippen LogP contribution >= 0.6 is 34.8 Å². The molecule has 1 heterocycles. The zero-order valence-electron chi connectivity index (χ0n) is 5.11. The molecule has 0 spiro atoms. The van der Waals surface area contributed by atoms with Crippen LogP contribution in [-0.2, 0) is 0 Å². The maximum atomic E-state index is 5.61. The van der Waals surface area contributed by atoms with E-state index in [1.807, 2.05) is 0 Å². The second kappa shape index (κ2) is 3.40. The molecule has 0 radical (unpaired) electrons. The SMILES string of the molecule is NNc1nc(Cl)nc(Cl)c1Cl. The number of nitrogens with one attached hydrogen (secondary N) is 1. The number of hydrogen-bond acceptors (Lipinski definition) is 4. The van der Waals surface area contributed by atoms with Gasteiger partial charge in [0.05, 0.1) is 0 Å². The summed E-state index contributed by atoms with van der Waals surface area (Å²) in [6, 6.07) is 0. The molecule has 0 aromatic carbocycles. The number of nitrogen functional groups attached to an aromatic ring is 1. The van der Waals surface area contributed by atoms with E-state index in [0.717, 1.165) is 0 Å². The number of nitrogens with two attached hydrogens (primary N) is 1. The minimum absolute atomic E-state index is 0.00708. The number of aromatic nitrogens is 2. The Kier molecular flexibility index (Phi) is 2.72. The fourth-order valence-electron chi connectivity index (χ4n) is 0.490. The van der Waals surface area contributed by atoms with Crippen molar-refractivity contribution < 1.29 is 0 Å². The average Bonchev–Trinajstić information content (AvgIpc) is 1.96. The van der Waals surface area contributed by atoms with Gasteiger partial charge in [0.1, 0.15) is 5.02 Å². The van der Waals surface area contributed by atoms with E-state index in [-0.39, 0.29) is 21.3 Å². The lowest BCUT2D eigenvalue weighted by Gasteiger charge is -2.02. The van der Waals surface area contributed by atoms with Crippen molar-refractivity contribution >= 4 is 40.6 Å². The molecule has 0 saturated carbocycles. The summed E-state index contributed by atoms with van der Waals surface area (Å²) in [5.41, 5.74) is 2.22. The van der Waals surface area contributed by atoms with E-state index in [4.69, 9.17) is 40.6 Å². The number of hydrogen-bond donors (Lipinski definition) is 2. The van der Waals surface area contributed by atoms with E-state index >= 15 is 0 Å². The molecule has 1 aromatic rings. The minimum Gasteiger partial charge on any atom is -0.307 e. The second-order valence-corrected chi connectivity index (χ2v) is 2.66. The van der Waals surface area contributed by atoms with Gasteiger partial charge in [-0.1, -0.05) is 23.2 Å². The quantitative estimate of drug-likeness (QED) is 0.323. The highest BCUT2D eigenvalue weighted by Gasteiger charge is 2.07. The van der Waals surface area contributed by atoms with Crippen molar-refractivity contribution in [2.45, 2.75) is 0 Å². The summed E-state index contributed by atoms with van der Waals surface area (Å²) < 4.78 is 0. The van der Waals surface area contributed by atoms with Crippen molar-refractivity contribution in [3.05, 3.63) is 15.5 Å². The first kappa shape index (κ1) is 8.80. The van der Waals surface area contributed by atoms with Gasteiger partial charge in [0.2, 0.25) is 5.28 Å². The molecule has 7 heteroatoms. The molecule has 11 heavy (non-hydrogen) atoms. The smallest absolute Gasteiger partial charge is 0.225 e. The van der Waals surface area contributed by atoms with Crippen molar-refractivity contribution in [2.75, 3.05) is 5.43 Å². The van der Waals surface area contributed by atoms with Crippen molar-refractivity contribution in [2.24, 2.45) is 5.84 Å². The van der Waals surface area contributed by atoms with Crippen LogP contribution in [0.1, 0.15) is 0 Å². The highest BCUT2D eigenvalue weighted by Crippen LogP contribution is 2.26.